The van der Waals surface area contributed by atoms with Crippen molar-refractivity contribution >= 4 is 11.8 Å². The number of benzene rings is 1. The maximum absolute atomic E-state index is 13.4. The maximum Gasteiger partial charge on any atom is 0.241 e. The Balaban J connectivity index is 1.74. The van der Waals surface area contributed by atoms with Crippen LogP contribution in [0.2, 0.25) is 0 Å². The zero-order valence-electron chi connectivity index (χ0n) is 15.0. The molecule has 1 unspecified atom stereocenters. The van der Waals surface area contributed by atoms with Gasteiger partial charge >= 0.3 is 0 Å². The molecule has 0 saturated carbocycles. The van der Waals surface area contributed by atoms with Crippen LogP contribution in [0.4, 0.5) is 4.39 Å². The maximum atomic E-state index is 13.4. The van der Waals surface area contributed by atoms with E-state index in [1.54, 1.807) is 23.2 Å². The summed E-state index contributed by atoms with van der Waals surface area (Å²) in [5, 5.41) is 2.53. The molecule has 27 heavy (non-hydrogen) atoms. The van der Waals surface area contributed by atoms with Gasteiger partial charge in [-0.1, -0.05) is 6.07 Å². The van der Waals surface area contributed by atoms with Crippen LogP contribution >= 0.6 is 0 Å². The number of hydrogen-bond acceptors (Lipinski definition) is 5. The van der Waals surface area contributed by atoms with E-state index in [0.29, 0.717) is 30.4 Å². The lowest BCUT2D eigenvalue weighted by atomic mass is 9.94. The number of ether oxygens (including phenoxy) is 1. The largest absolute Gasteiger partial charge is 0.437 e. The lowest BCUT2D eigenvalue weighted by Gasteiger charge is -2.32. The fourth-order valence-corrected chi connectivity index (χ4v) is 3.08. The summed E-state index contributed by atoms with van der Waals surface area (Å²) in [6.45, 7) is 2.46. The molecule has 2 heterocycles. The van der Waals surface area contributed by atoms with Crippen molar-refractivity contribution in [1.29, 1.82) is 0 Å². The molecular formula is C19H21FN4O3. The highest BCUT2D eigenvalue weighted by atomic mass is 19.1. The first-order chi connectivity index (χ1) is 13.0. The topological polar surface area (TPSA) is 84.4 Å². The number of nitrogens with zero attached hydrogens (tertiary/aromatic N) is 3. The van der Waals surface area contributed by atoms with E-state index in [1.807, 2.05) is 0 Å². The molecule has 3 rings (SSSR count). The summed E-state index contributed by atoms with van der Waals surface area (Å²) < 4.78 is 19.1. The first kappa shape index (κ1) is 18.8. The second-order valence-corrected chi connectivity index (χ2v) is 6.39. The molecular weight excluding hydrogens is 351 g/mol. The number of amides is 2. The summed E-state index contributed by atoms with van der Waals surface area (Å²) in [7, 11) is 0. The fraction of sp³-hybridized carbons (Fsp3) is 0.368. The molecule has 0 bridgehead atoms. The molecule has 1 aliphatic rings. The molecule has 1 fully saturated rings. The molecule has 0 aliphatic carbocycles. The smallest absolute Gasteiger partial charge is 0.241 e. The van der Waals surface area contributed by atoms with Gasteiger partial charge in [0.05, 0.1) is 6.54 Å². The Kier molecular flexibility index (Phi) is 5.95. The molecule has 0 spiro atoms. The number of likely N-dealkylation sites (tertiary alicyclic amines) is 1. The third-order valence-corrected chi connectivity index (χ3v) is 4.35. The van der Waals surface area contributed by atoms with Crippen molar-refractivity contribution in [2.45, 2.75) is 25.7 Å². The van der Waals surface area contributed by atoms with E-state index in [1.165, 1.54) is 25.3 Å². The standard InChI is InChI=1S/C19H21FN4O3/c1-13(25)23-11-17(26)24-9-3-4-14(12-24)18-19(22-8-7-21-18)27-16-6-2-5-15(20)10-16/h2,5-8,10,14H,3-4,9,11-12H2,1H3,(H,23,25). The van der Waals surface area contributed by atoms with E-state index in [2.05, 4.69) is 15.3 Å². The van der Waals surface area contributed by atoms with Gasteiger partial charge in [0.1, 0.15) is 17.3 Å². The quantitative estimate of drug-likeness (QED) is 0.870. The van der Waals surface area contributed by atoms with Crippen LogP contribution < -0.4 is 10.1 Å². The second-order valence-electron chi connectivity index (χ2n) is 6.39. The summed E-state index contributed by atoms with van der Waals surface area (Å²) >= 11 is 0. The minimum atomic E-state index is -0.398. The van der Waals surface area contributed by atoms with Gasteiger partial charge in [-0.15, -0.1) is 0 Å². The highest BCUT2D eigenvalue weighted by Crippen LogP contribution is 2.32. The minimum absolute atomic E-state index is 0.0187. The molecule has 1 aromatic heterocycles. The summed E-state index contributed by atoms with van der Waals surface area (Å²) in [6.07, 6.45) is 4.74. The van der Waals surface area contributed by atoms with Crippen LogP contribution in [-0.4, -0.2) is 46.3 Å². The molecule has 8 heteroatoms. The van der Waals surface area contributed by atoms with Crippen LogP contribution in [0.15, 0.2) is 36.7 Å². The van der Waals surface area contributed by atoms with Crippen molar-refractivity contribution in [3.63, 3.8) is 0 Å². The van der Waals surface area contributed by atoms with Crippen molar-refractivity contribution in [1.82, 2.24) is 20.2 Å². The molecule has 1 atom stereocenters. The third-order valence-electron chi connectivity index (χ3n) is 4.35. The highest BCUT2D eigenvalue weighted by Gasteiger charge is 2.28. The van der Waals surface area contributed by atoms with Gasteiger partial charge in [0.2, 0.25) is 17.7 Å². The van der Waals surface area contributed by atoms with Crippen LogP contribution in [-0.2, 0) is 9.59 Å². The zero-order valence-corrected chi connectivity index (χ0v) is 15.0. The number of aromatic nitrogens is 2. The number of halogens is 1. The SMILES string of the molecule is CC(=O)NCC(=O)N1CCCC(c2nccnc2Oc2cccc(F)c2)C1. The van der Waals surface area contributed by atoms with Crippen molar-refractivity contribution in [3.8, 4) is 11.6 Å². The van der Waals surface area contributed by atoms with Crippen LogP contribution in [0, 0.1) is 5.82 Å². The minimum Gasteiger partial charge on any atom is -0.437 e. The predicted octanol–water partition coefficient (Wildman–Crippen LogP) is 2.25. The van der Waals surface area contributed by atoms with Gasteiger partial charge in [0.25, 0.3) is 0 Å². The van der Waals surface area contributed by atoms with E-state index in [0.717, 1.165) is 12.8 Å². The van der Waals surface area contributed by atoms with Crippen LogP contribution in [0.1, 0.15) is 31.4 Å². The number of piperidine rings is 1. The lowest BCUT2D eigenvalue weighted by Crippen LogP contribution is -2.44. The molecule has 1 N–H and O–H groups in total. The van der Waals surface area contributed by atoms with Crippen molar-refractivity contribution < 1.29 is 18.7 Å². The number of nitrogens with one attached hydrogen (secondary N) is 1. The molecule has 2 amide bonds. The van der Waals surface area contributed by atoms with E-state index >= 15 is 0 Å². The summed E-state index contributed by atoms with van der Waals surface area (Å²) in [6, 6.07) is 5.82. The first-order valence-corrected chi connectivity index (χ1v) is 8.79. The van der Waals surface area contributed by atoms with Crippen LogP contribution in [0.3, 0.4) is 0 Å². The molecule has 1 aromatic carbocycles. The van der Waals surface area contributed by atoms with Crippen molar-refractivity contribution in [2.75, 3.05) is 19.6 Å². The Morgan fingerprint density at radius 3 is 2.93 bits per heavy atom. The Labute approximate surface area is 156 Å². The van der Waals surface area contributed by atoms with Gasteiger partial charge in [-0.05, 0) is 25.0 Å². The van der Waals surface area contributed by atoms with Crippen LogP contribution in [0.5, 0.6) is 11.6 Å². The van der Waals surface area contributed by atoms with E-state index in [9.17, 15) is 14.0 Å². The Morgan fingerprint density at radius 1 is 1.33 bits per heavy atom. The highest BCUT2D eigenvalue weighted by molar-refractivity contribution is 5.83. The average molecular weight is 372 g/mol. The number of hydrogen-bond donors (Lipinski definition) is 1. The van der Waals surface area contributed by atoms with Crippen molar-refractivity contribution in [3.05, 3.63) is 48.2 Å². The zero-order chi connectivity index (χ0) is 19.2. The van der Waals surface area contributed by atoms with E-state index < -0.39 is 5.82 Å². The molecule has 7 nitrogen and oxygen atoms in total. The predicted molar refractivity (Wildman–Crippen MR) is 95.7 cm³/mol. The van der Waals surface area contributed by atoms with Gasteiger partial charge in [-0.2, -0.15) is 0 Å². The summed E-state index contributed by atoms with van der Waals surface area (Å²) in [5.41, 5.74) is 0.638. The Morgan fingerprint density at radius 2 is 2.15 bits per heavy atom. The van der Waals surface area contributed by atoms with Crippen molar-refractivity contribution in [2.24, 2.45) is 0 Å². The van der Waals surface area contributed by atoms with E-state index in [-0.39, 0.29) is 24.3 Å². The van der Waals surface area contributed by atoms with E-state index in [4.69, 9.17) is 4.74 Å². The Hall–Kier alpha value is -3.03. The number of carbonyl (C=O) groups excluding carboxylic acids is 2. The Bertz CT molecular complexity index is 830. The number of carbonyl (C=O) groups is 2. The molecule has 0 radical (unpaired) electrons. The third kappa shape index (κ3) is 4.99. The first-order valence-electron chi connectivity index (χ1n) is 8.79. The van der Waals surface area contributed by atoms with Crippen LogP contribution in [0.25, 0.3) is 0 Å². The van der Waals surface area contributed by atoms with Gasteiger partial charge in [-0.25, -0.2) is 9.37 Å². The van der Waals surface area contributed by atoms with Gasteiger partial charge < -0.3 is 15.0 Å². The molecule has 142 valence electrons. The summed E-state index contributed by atoms with van der Waals surface area (Å²) in [4.78, 5) is 33.7. The lowest BCUT2D eigenvalue weighted by molar-refractivity contribution is -0.133. The number of rotatable bonds is 5. The average Bonchev–Trinajstić information content (AvgIpc) is 2.66. The summed E-state index contributed by atoms with van der Waals surface area (Å²) in [5.74, 6) is -0.166. The fourth-order valence-electron chi connectivity index (χ4n) is 3.08. The molecule has 1 aliphatic heterocycles. The van der Waals surface area contributed by atoms with Gasteiger partial charge in [-0.3, -0.25) is 14.6 Å². The second kappa shape index (κ2) is 8.57. The van der Waals surface area contributed by atoms with Gasteiger partial charge in [0.15, 0.2) is 0 Å². The van der Waals surface area contributed by atoms with Gasteiger partial charge in [0, 0.05) is 44.4 Å². The molecule has 2 aromatic rings. The molecule has 1 saturated heterocycles. The normalized spacial score (nSPS) is 16.7. The monoisotopic (exact) mass is 372 g/mol.